The zero-order chi connectivity index (χ0) is 45.9. The second-order valence-corrected chi connectivity index (χ2v) is 18.3. The first-order valence-corrected chi connectivity index (χ1v) is 19.8. The molecule has 1 heterocycles. The van der Waals surface area contributed by atoms with E-state index in [-0.39, 0.29) is 17.6 Å². The number of aliphatic hydroxyl groups is 3. The summed E-state index contributed by atoms with van der Waals surface area (Å²) >= 11 is 0. The number of carbonyl (C=O) groups is 6. The first kappa shape index (κ1) is 47.3. The summed E-state index contributed by atoms with van der Waals surface area (Å²) < 4.78 is 63.9. The molecular formula is C43H55F2NO15. The van der Waals surface area contributed by atoms with Crippen LogP contribution in [0, 0.1) is 28.4 Å². The number of alkyl carbamates (subject to hydrolysis) is 1. The van der Waals surface area contributed by atoms with Crippen LogP contribution in [0.15, 0.2) is 41.0 Å². The smallest absolute Gasteiger partial charge is 0.408 e. The molecule has 1 aromatic carbocycles. The molecule has 1 saturated heterocycles. The number of ether oxygens (including phenoxy) is 6. The first-order chi connectivity index (χ1) is 28.0. The second kappa shape index (κ2) is 16.5. The van der Waals surface area contributed by atoms with Crippen LogP contribution in [-0.4, -0.2) is 117 Å². The quantitative estimate of drug-likeness (QED) is 0.158. The summed E-state index contributed by atoms with van der Waals surface area (Å²) in [5.74, 6) is -9.60. The predicted octanol–water partition coefficient (Wildman–Crippen LogP) is 3.70. The number of benzene rings is 1. The van der Waals surface area contributed by atoms with Crippen LogP contribution in [0.5, 0.6) is 0 Å². The Labute approximate surface area is 351 Å². The van der Waals surface area contributed by atoms with E-state index in [1.54, 1.807) is 34.6 Å². The maximum Gasteiger partial charge on any atom is 0.408 e. The van der Waals surface area contributed by atoms with E-state index in [1.165, 1.54) is 33.8 Å². The number of rotatable bonds is 9. The van der Waals surface area contributed by atoms with Crippen molar-refractivity contribution in [2.75, 3.05) is 6.61 Å². The number of halogens is 2. The van der Waals surface area contributed by atoms with Crippen LogP contribution in [0.1, 0.15) is 99.4 Å². The standard InChI is InChI=1S/C43H55F2NO15/c1-19(2)12-26(46-38(54)61-39(6,7)8)31(50)37(53)58-27-17-43(55)35(59-36(52)23-13-24(44)15-25(45)14-23)33-41(11,28(49)16-29-42(33,18-56-29)60-22(5)48)34(51)32(57-21(4)47)30(20(27)3)40(43,9)10/h12-15,26-29,31-33,35,49-50,55H,16-18H2,1-11H3,(H,46,54)/t26-,27-,28-,29+,31+,32+,33-,35-,41+,42-,43+/m0/s1. The van der Waals surface area contributed by atoms with Crippen LogP contribution in [-0.2, 0) is 47.6 Å². The summed E-state index contributed by atoms with van der Waals surface area (Å²) in [4.78, 5) is 82.1. The van der Waals surface area contributed by atoms with Gasteiger partial charge in [-0.2, -0.15) is 0 Å². The Kier molecular flexibility index (Phi) is 12.8. The van der Waals surface area contributed by atoms with E-state index in [4.69, 9.17) is 28.4 Å². The number of Topliss-reactive ketones (excluding diaryl/α,β-unsaturated/α-hetero) is 1. The van der Waals surface area contributed by atoms with Crippen molar-refractivity contribution in [3.05, 3.63) is 58.2 Å². The molecular weight excluding hydrogens is 808 g/mol. The van der Waals surface area contributed by atoms with Gasteiger partial charge in [0.15, 0.2) is 23.6 Å². The number of hydrogen-bond acceptors (Lipinski definition) is 15. The molecule has 18 heteroatoms. The van der Waals surface area contributed by atoms with Crippen LogP contribution in [0.25, 0.3) is 0 Å². The minimum atomic E-state index is -2.58. The van der Waals surface area contributed by atoms with Crippen LogP contribution in [0.3, 0.4) is 0 Å². The molecule has 0 aromatic heterocycles. The Balaban J connectivity index is 1.75. The van der Waals surface area contributed by atoms with E-state index >= 15 is 4.79 Å². The van der Waals surface area contributed by atoms with Gasteiger partial charge < -0.3 is 49.1 Å². The van der Waals surface area contributed by atoms with E-state index in [1.807, 2.05) is 0 Å². The largest absolute Gasteiger partial charge is 0.456 e. The molecule has 336 valence electrons. The second-order valence-electron chi connectivity index (χ2n) is 18.3. The highest BCUT2D eigenvalue weighted by Gasteiger charge is 2.78. The molecule has 1 aromatic rings. The highest BCUT2D eigenvalue weighted by molar-refractivity contribution is 5.95. The molecule has 0 radical (unpaired) electrons. The summed E-state index contributed by atoms with van der Waals surface area (Å²) in [7, 11) is 0. The molecule has 16 nitrogen and oxygen atoms in total. The molecule has 2 saturated carbocycles. The molecule has 4 N–H and O–H groups in total. The molecule has 0 unspecified atom stereocenters. The van der Waals surface area contributed by atoms with E-state index in [0.717, 1.165) is 13.8 Å². The van der Waals surface area contributed by atoms with E-state index in [0.29, 0.717) is 23.8 Å². The van der Waals surface area contributed by atoms with E-state index < -0.39 is 142 Å². The molecule has 11 atom stereocenters. The van der Waals surface area contributed by atoms with E-state index in [2.05, 4.69) is 5.32 Å². The lowest BCUT2D eigenvalue weighted by Crippen LogP contribution is -2.82. The average Bonchev–Trinajstić information content (AvgIpc) is 3.10. The summed E-state index contributed by atoms with van der Waals surface area (Å²) in [6.07, 6.45) is -11.1. The normalized spacial score (nSPS) is 32.5. The van der Waals surface area contributed by atoms with Crippen LogP contribution in [0.2, 0.25) is 0 Å². The van der Waals surface area contributed by atoms with Crippen molar-refractivity contribution < 1.29 is 81.3 Å². The maximum absolute atomic E-state index is 15.4. The lowest BCUT2D eigenvalue weighted by molar-refractivity contribution is -0.346. The van der Waals surface area contributed by atoms with Crippen molar-refractivity contribution in [1.82, 2.24) is 5.32 Å². The summed E-state index contributed by atoms with van der Waals surface area (Å²) in [5.41, 5.74) is -9.60. The van der Waals surface area contributed by atoms with Gasteiger partial charge in [-0.05, 0) is 71.7 Å². The van der Waals surface area contributed by atoms with Gasteiger partial charge in [0.2, 0.25) is 0 Å². The number of fused-ring (bicyclic) bond motifs is 5. The number of nitrogens with one attached hydrogen (secondary N) is 1. The lowest BCUT2D eigenvalue weighted by atomic mass is 9.44. The Morgan fingerprint density at radius 1 is 0.967 bits per heavy atom. The third-order valence-electron chi connectivity index (χ3n) is 12.3. The van der Waals surface area contributed by atoms with E-state index in [9.17, 15) is 48.1 Å². The first-order valence-electron chi connectivity index (χ1n) is 19.8. The third-order valence-corrected chi connectivity index (χ3v) is 12.3. The Morgan fingerprint density at radius 3 is 2.08 bits per heavy atom. The molecule has 0 spiro atoms. The molecule has 3 aliphatic carbocycles. The summed E-state index contributed by atoms with van der Waals surface area (Å²) in [6.45, 7) is 15.4. The van der Waals surface area contributed by atoms with Gasteiger partial charge in [-0.15, -0.1) is 0 Å². The Morgan fingerprint density at radius 2 is 1.57 bits per heavy atom. The van der Waals surface area contributed by atoms with Crippen molar-refractivity contribution in [2.45, 2.75) is 148 Å². The van der Waals surface area contributed by atoms with Gasteiger partial charge in [-0.1, -0.05) is 25.5 Å². The fourth-order valence-electron chi connectivity index (χ4n) is 9.49. The Hall–Kier alpha value is -4.78. The molecule has 3 fully saturated rings. The predicted molar refractivity (Wildman–Crippen MR) is 207 cm³/mol. The molecule has 2 bridgehead atoms. The minimum Gasteiger partial charge on any atom is -0.456 e. The van der Waals surface area contributed by atoms with Gasteiger partial charge in [0.25, 0.3) is 0 Å². The highest BCUT2D eigenvalue weighted by Crippen LogP contribution is 2.64. The third kappa shape index (κ3) is 8.55. The van der Waals surface area contributed by atoms with Crippen molar-refractivity contribution in [1.29, 1.82) is 0 Å². The number of amides is 1. The fraction of sp³-hybridized carbons (Fsp3) is 0.628. The van der Waals surface area contributed by atoms with Crippen molar-refractivity contribution in [3.8, 4) is 0 Å². The number of esters is 4. The van der Waals surface area contributed by atoms with Gasteiger partial charge in [0, 0.05) is 38.2 Å². The number of ketones is 1. The zero-order valence-corrected chi connectivity index (χ0v) is 36.0. The van der Waals surface area contributed by atoms with Crippen LogP contribution >= 0.6 is 0 Å². The molecule has 4 aliphatic rings. The minimum absolute atomic E-state index is 0.0675. The molecule has 1 aliphatic heterocycles. The number of aliphatic hydroxyl groups excluding tert-OH is 2. The topological polar surface area (TPSA) is 231 Å². The zero-order valence-electron chi connectivity index (χ0n) is 36.0. The van der Waals surface area contributed by atoms with Gasteiger partial charge >= 0.3 is 30.0 Å². The van der Waals surface area contributed by atoms with Gasteiger partial charge in [0.1, 0.15) is 41.1 Å². The molecule has 61 heavy (non-hydrogen) atoms. The SMILES string of the molecule is CC(=O)O[C@H]1C(=O)[C@@]2(C)[C@H]([C@H](OC(=O)c3cc(F)cc(F)c3)[C@]3(O)C[C@H](OC(=O)[C@H](O)[C@H](C=C(C)C)NC(=O)OC(C)(C)C)C(C)=C1C3(C)C)[C@]1(OC(C)=O)CO[C@@H]1C[C@@H]2O. The van der Waals surface area contributed by atoms with Crippen LogP contribution < -0.4 is 5.32 Å². The number of hydrogen-bond donors (Lipinski definition) is 4. The molecule has 1 amide bonds. The van der Waals surface area contributed by atoms with Gasteiger partial charge in [-0.25, -0.2) is 23.2 Å². The fourth-order valence-corrected chi connectivity index (χ4v) is 9.49. The van der Waals surface area contributed by atoms with Gasteiger partial charge in [-0.3, -0.25) is 14.4 Å². The van der Waals surface area contributed by atoms with Crippen molar-refractivity contribution in [3.63, 3.8) is 0 Å². The number of carbonyl (C=O) groups excluding carboxylic acids is 6. The van der Waals surface area contributed by atoms with Crippen molar-refractivity contribution >= 4 is 35.8 Å². The monoisotopic (exact) mass is 863 g/mol. The number of allylic oxidation sites excluding steroid dienone is 1. The summed E-state index contributed by atoms with van der Waals surface area (Å²) in [5, 5.41) is 39.4. The van der Waals surface area contributed by atoms with Gasteiger partial charge in [0.05, 0.1) is 35.6 Å². The van der Waals surface area contributed by atoms with Crippen molar-refractivity contribution in [2.24, 2.45) is 16.7 Å². The highest BCUT2D eigenvalue weighted by atomic mass is 19.1. The Bertz CT molecular complexity index is 2030. The molecule has 5 rings (SSSR count). The maximum atomic E-state index is 15.4. The summed E-state index contributed by atoms with van der Waals surface area (Å²) in [6, 6.07) is 0.451. The van der Waals surface area contributed by atoms with Crippen LogP contribution in [0.4, 0.5) is 13.6 Å². The average molecular weight is 864 g/mol. The lowest BCUT2D eigenvalue weighted by Gasteiger charge is -2.67.